The fourth-order valence-corrected chi connectivity index (χ4v) is 0.522. The quantitative estimate of drug-likeness (QED) is 0.532. The Bertz CT molecular complexity index is 85.9. The number of ether oxygens (including phenoxy) is 2. The number of nitrogens with one attached hydrogen (secondary N) is 1. The van der Waals surface area contributed by atoms with Gasteiger partial charge in [0.05, 0.1) is 19.9 Å². The summed E-state index contributed by atoms with van der Waals surface area (Å²) in [6.45, 7) is 4.18. The minimum atomic E-state index is 0. The van der Waals surface area contributed by atoms with Gasteiger partial charge in [-0.15, -0.1) is 0 Å². The number of carbonyl (C=O) groups excluding carboxylic acids is 1. The van der Waals surface area contributed by atoms with Gasteiger partial charge in [0.25, 0.3) is 6.47 Å². The minimum Gasteiger partial charge on any atom is -0.471 e. The van der Waals surface area contributed by atoms with Crippen LogP contribution in [0.15, 0.2) is 0 Å². The molecule has 0 saturated carbocycles. The molecule has 1 N–H and O–H groups in total. The van der Waals surface area contributed by atoms with Crippen LogP contribution in [-0.4, -0.2) is 33.0 Å². The second-order valence-corrected chi connectivity index (χ2v) is 1.91. The van der Waals surface area contributed by atoms with Crippen molar-refractivity contribution in [3.63, 3.8) is 0 Å². The number of methoxy groups -OCH3 is 1. The summed E-state index contributed by atoms with van der Waals surface area (Å²) < 4.78 is 8.90. The molecule has 0 amide bonds. The zero-order valence-electron chi connectivity index (χ0n) is 6.29. The van der Waals surface area contributed by atoms with E-state index in [0.29, 0.717) is 12.6 Å². The fourth-order valence-electron chi connectivity index (χ4n) is 0.522. The van der Waals surface area contributed by atoms with E-state index in [1.54, 1.807) is 0 Å². The maximum absolute atomic E-state index is 8.95. The predicted molar refractivity (Wildman–Crippen MR) is 38.6 cm³/mol. The van der Waals surface area contributed by atoms with Gasteiger partial charge in [-0.2, -0.15) is 0 Å². The lowest BCUT2D eigenvalue weighted by atomic mass is 10.4. The molecule has 10 heavy (non-hydrogen) atoms. The lowest BCUT2D eigenvalue weighted by Crippen LogP contribution is -2.09. The van der Waals surface area contributed by atoms with Crippen LogP contribution in [0.4, 0.5) is 0 Å². The Labute approximate surface area is 62.0 Å². The Morgan fingerprint density at radius 2 is 2.50 bits per heavy atom. The first kappa shape index (κ1) is 9.39. The van der Waals surface area contributed by atoms with Gasteiger partial charge in [0.15, 0.2) is 0 Å². The van der Waals surface area contributed by atoms with Crippen LogP contribution in [0.2, 0.25) is 0 Å². The summed E-state index contributed by atoms with van der Waals surface area (Å²) >= 11 is 0. The second-order valence-electron chi connectivity index (χ2n) is 1.91. The number of hydrogen-bond acceptors (Lipinski definition) is 4. The van der Waals surface area contributed by atoms with E-state index in [0.717, 1.165) is 13.3 Å². The molecule has 0 aliphatic carbocycles. The van der Waals surface area contributed by atoms with Crippen molar-refractivity contribution >= 4 is 6.47 Å². The Hall–Kier alpha value is -0.610. The van der Waals surface area contributed by atoms with Crippen LogP contribution in [0, 0.1) is 0 Å². The summed E-state index contributed by atoms with van der Waals surface area (Å²) in [7, 11) is 1.31. The molecule has 0 aromatic carbocycles. The molecule has 0 aromatic heterocycles. The third-order valence-corrected chi connectivity index (χ3v) is 0.998. The zero-order valence-corrected chi connectivity index (χ0v) is 6.29. The first-order valence-electron chi connectivity index (χ1n) is 3.10. The average molecular weight is 149 g/mol. The molecule has 0 bridgehead atoms. The first-order chi connectivity index (χ1) is 4.81. The third kappa shape index (κ3) is 5.53. The Balaban J connectivity index is 0. The summed E-state index contributed by atoms with van der Waals surface area (Å²) in [5, 5.41) is 3.05. The van der Waals surface area contributed by atoms with Crippen LogP contribution >= 0.6 is 0 Å². The van der Waals surface area contributed by atoms with Crippen molar-refractivity contribution in [2.24, 2.45) is 0 Å². The van der Waals surface area contributed by atoms with Crippen molar-refractivity contribution in [2.45, 2.75) is 13.0 Å². The molecule has 0 aromatic rings. The highest BCUT2D eigenvalue weighted by molar-refractivity contribution is 5.36. The molecule has 62 valence electrons. The average Bonchev–Trinajstić information content (AvgIpc) is 2.40. The maximum atomic E-state index is 8.95. The highest BCUT2D eigenvalue weighted by atomic mass is 16.5. The van der Waals surface area contributed by atoms with E-state index in [1.807, 2.05) is 0 Å². The number of hydrogen-bond donors (Lipinski definition) is 1. The zero-order chi connectivity index (χ0) is 7.82. The van der Waals surface area contributed by atoms with Gasteiger partial charge in [-0.25, -0.2) is 0 Å². The molecule has 1 atom stereocenters. The van der Waals surface area contributed by atoms with Crippen molar-refractivity contribution in [3.05, 3.63) is 0 Å². The van der Waals surface area contributed by atoms with Gasteiger partial charge in [0.1, 0.15) is 0 Å². The Morgan fingerprint density at radius 3 is 2.60 bits per heavy atom. The van der Waals surface area contributed by atoms with Gasteiger partial charge >= 0.3 is 0 Å². The van der Waals surface area contributed by atoms with Crippen molar-refractivity contribution in [1.29, 1.82) is 0 Å². The topological polar surface area (TPSA) is 47.6 Å². The van der Waals surface area contributed by atoms with Crippen LogP contribution in [-0.2, 0) is 14.3 Å². The van der Waals surface area contributed by atoms with Crippen LogP contribution in [0.5, 0.6) is 0 Å². The van der Waals surface area contributed by atoms with E-state index in [-0.39, 0.29) is 1.43 Å². The van der Waals surface area contributed by atoms with E-state index in [1.165, 1.54) is 7.11 Å². The van der Waals surface area contributed by atoms with Crippen molar-refractivity contribution < 1.29 is 15.7 Å². The molecule has 0 spiro atoms. The monoisotopic (exact) mass is 149 g/mol. The Kier molecular flexibility index (Phi) is 6.11. The molecule has 1 aliphatic rings. The van der Waals surface area contributed by atoms with Crippen LogP contribution < -0.4 is 5.32 Å². The SMILES string of the molecule is COC=O.C[C@@H]1CNCO1.[HH]. The molecule has 1 fully saturated rings. The smallest absolute Gasteiger partial charge is 0.292 e. The molecule has 1 aliphatic heterocycles. The van der Waals surface area contributed by atoms with Gasteiger partial charge in [0, 0.05) is 7.97 Å². The molecule has 1 heterocycles. The Morgan fingerprint density at radius 1 is 1.90 bits per heavy atom. The molecule has 1 saturated heterocycles. The van der Waals surface area contributed by atoms with Gasteiger partial charge in [-0.1, -0.05) is 0 Å². The lowest BCUT2D eigenvalue weighted by Gasteiger charge is -1.92. The van der Waals surface area contributed by atoms with Crippen molar-refractivity contribution in [3.8, 4) is 0 Å². The van der Waals surface area contributed by atoms with Crippen molar-refractivity contribution in [1.82, 2.24) is 5.32 Å². The number of carbonyl (C=O) groups is 1. The predicted octanol–water partition coefficient (Wildman–Crippen LogP) is -0.0126. The van der Waals surface area contributed by atoms with E-state index in [2.05, 4.69) is 17.0 Å². The second kappa shape index (κ2) is 6.51. The van der Waals surface area contributed by atoms with E-state index in [9.17, 15) is 0 Å². The largest absolute Gasteiger partial charge is 0.471 e. The fraction of sp³-hybridized carbons (Fsp3) is 0.833. The van der Waals surface area contributed by atoms with Gasteiger partial charge in [0.2, 0.25) is 0 Å². The summed E-state index contributed by atoms with van der Waals surface area (Å²) in [6.07, 6.45) is 0.435. The maximum Gasteiger partial charge on any atom is 0.292 e. The molecule has 0 radical (unpaired) electrons. The molecule has 4 heteroatoms. The van der Waals surface area contributed by atoms with Crippen LogP contribution in [0.3, 0.4) is 0 Å². The van der Waals surface area contributed by atoms with Crippen LogP contribution in [0.25, 0.3) is 0 Å². The van der Waals surface area contributed by atoms with Crippen molar-refractivity contribution in [2.75, 3.05) is 20.4 Å². The molecule has 4 nitrogen and oxygen atoms in total. The summed E-state index contributed by atoms with van der Waals surface area (Å²) in [5.74, 6) is 0. The third-order valence-electron chi connectivity index (χ3n) is 0.998. The molecule has 1 rings (SSSR count). The number of rotatable bonds is 1. The van der Waals surface area contributed by atoms with E-state index < -0.39 is 0 Å². The summed E-state index contributed by atoms with van der Waals surface area (Å²) in [6, 6.07) is 0. The van der Waals surface area contributed by atoms with Crippen LogP contribution in [0.1, 0.15) is 8.35 Å². The highest BCUT2D eigenvalue weighted by Crippen LogP contribution is 1.91. The van der Waals surface area contributed by atoms with E-state index in [4.69, 9.17) is 9.53 Å². The molecular weight excluding hydrogens is 134 g/mol. The molecule has 0 unspecified atom stereocenters. The van der Waals surface area contributed by atoms with Gasteiger partial charge in [-0.05, 0) is 6.92 Å². The first-order valence-corrected chi connectivity index (χ1v) is 3.10. The lowest BCUT2D eigenvalue weighted by molar-refractivity contribution is -0.126. The normalized spacial score (nSPS) is 22.8. The van der Waals surface area contributed by atoms with Gasteiger partial charge in [-0.3, -0.25) is 10.1 Å². The minimum absolute atomic E-state index is 0. The standard InChI is InChI=1S/C4H9NO.C2H4O2.H2/c1-4-2-5-3-6-4;1-4-2-3;/h4-5H,2-3H2,1H3;2H,1H3;1H/t4-;;/m1../s1. The highest BCUT2D eigenvalue weighted by Gasteiger charge is 2.05. The summed E-state index contributed by atoms with van der Waals surface area (Å²) in [4.78, 5) is 8.95. The van der Waals surface area contributed by atoms with Gasteiger partial charge < -0.3 is 9.47 Å². The molecular formula is C6H15NO3. The van der Waals surface area contributed by atoms with E-state index >= 15 is 0 Å². The summed E-state index contributed by atoms with van der Waals surface area (Å²) in [5.41, 5.74) is 0.